The van der Waals surface area contributed by atoms with E-state index >= 15 is 0 Å². The number of aliphatic carboxylic acids is 1. The highest BCUT2D eigenvalue weighted by Gasteiger charge is 2.40. The lowest BCUT2D eigenvalue weighted by Gasteiger charge is -2.28. The molecule has 1 N–H and O–H groups in total. The van der Waals surface area contributed by atoms with Gasteiger partial charge < -0.3 is 5.11 Å². The molecule has 0 bridgehead atoms. The fourth-order valence-corrected chi connectivity index (χ4v) is 2.55. The zero-order valence-corrected chi connectivity index (χ0v) is 7.33. The molecule has 2 heteroatoms. The molecule has 0 aromatic rings. The smallest absolute Gasteiger partial charge is 0.306 e. The average molecular weight is 168 g/mol. The molecule has 12 heavy (non-hydrogen) atoms. The van der Waals surface area contributed by atoms with Crippen LogP contribution in [0.3, 0.4) is 0 Å². The summed E-state index contributed by atoms with van der Waals surface area (Å²) in [5, 5.41) is 8.99. The summed E-state index contributed by atoms with van der Waals surface area (Å²) >= 11 is 0. The van der Waals surface area contributed by atoms with Gasteiger partial charge in [0.15, 0.2) is 0 Å². The third-order valence-corrected chi connectivity index (χ3v) is 3.36. The first-order chi connectivity index (χ1) is 5.79. The van der Waals surface area contributed by atoms with Gasteiger partial charge in [0.2, 0.25) is 0 Å². The highest BCUT2D eigenvalue weighted by atomic mass is 16.4. The van der Waals surface area contributed by atoms with Crippen LogP contribution < -0.4 is 0 Å². The molecule has 0 saturated heterocycles. The lowest BCUT2D eigenvalue weighted by atomic mass is 9.76. The van der Waals surface area contributed by atoms with Gasteiger partial charge in [-0.1, -0.05) is 12.8 Å². The van der Waals surface area contributed by atoms with Crippen LogP contribution >= 0.6 is 0 Å². The standard InChI is InChI=1S/C10H16O2/c11-10(12)9-4-2-1-3-8(9)7-5-6-7/h7-9H,1-6H2,(H,11,12)/t8-,9+/m1/s1. The van der Waals surface area contributed by atoms with Gasteiger partial charge in [-0.2, -0.15) is 0 Å². The van der Waals surface area contributed by atoms with Crippen molar-refractivity contribution >= 4 is 5.97 Å². The maximum Gasteiger partial charge on any atom is 0.306 e. The van der Waals surface area contributed by atoms with E-state index in [2.05, 4.69) is 0 Å². The van der Waals surface area contributed by atoms with E-state index in [4.69, 9.17) is 5.11 Å². The lowest BCUT2D eigenvalue weighted by molar-refractivity contribution is -0.145. The zero-order chi connectivity index (χ0) is 8.55. The second-order valence-electron chi connectivity index (χ2n) is 4.23. The van der Waals surface area contributed by atoms with Gasteiger partial charge in [0, 0.05) is 0 Å². The predicted octanol–water partition coefficient (Wildman–Crippen LogP) is 2.29. The van der Waals surface area contributed by atoms with Gasteiger partial charge in [-0.3, -0.25) is 4.79 Å². The second-order valence-corrected chi connectivity index (χ2v) is 4.23. The van der Waals surface area contributed by atoms with E-state index in [1.807, 2.05) is 0 Å². The Balaban J connectivity index is 2.00. The molecule has 2 saturated carbocycles. The van der Waals surface area contributed by atoms with Crippen LogP contribution in [-0.2, 0) is 4.79 Å². The van der Waals surface area contributed by atoms with Crippen molar-refractivity contribution in [3.05, 3.63) is 0 Å². The molecular weight excluding hydrogens is 152 g/mol. The van der Waals surface area contributed by atoms with Gasteiger partial charge in [-0.05, 0) is 37.5 Å². The van der Waals surface area contributed by atoms with E-state index < -0.39 is 5.97 Å². The van der Waals surface area contributed by atoms with E-state index in [0.717, 1.165) is 18.8 Å². The fraction of sp³-hybridized carbons (Fsp3) is 0.900. The molecule has 0 unspecified atom stereocenters. The Labute approximate surface area is 73.0 Å². The zero-order valence-electron chi connectivity index (χ0n) is 7.33. The van der Waals surface area contributed by atoms with Crippen LogP contribution in [0, 0.1) is 17.8 Å². The van der Waals surface area contributed by atoms with Crippen molar-refractivity contribution in [2.75, 3.05) is 0 Å². The summed E-state index contributed by atoms with van der Waals surface area (Å²) in [5.74, 6) is 0.737. The van der Waals surface area contributed by atoms with E-state index in [1.165, 1.54) is 25.7 Å². The molecular formula is C10H16O2. The van der Waals surface area contributed by atoms with Crippen molar-refractivity contribution in [3.63, 3.8) is 0 Å². The monoisotopic (exact) mass is 168 g/mol. The van der Waals surface area contributed by atoms with Crippen molar-refractivity contribution in [3.8, 4) is 0 Å². The van der Waals surface area contributed by atoms with Crippen LogP contribution in [0.25, 0.3) is 0 Å². The number of carboxylic acid groups (broad SMARTS) is 1. The summed E-state index contributed by atoms with van der Waals surface area (Å²) in [4.78, 5) is 10.9. The SMILES string of the molecule is O=C(O)[C@H]1CCCC[C@@H]1C1CC1. The molecule has 0 spiro atoms. The highest BCUT2D eigenvalue weighted by molar-refractivity contribution is 5.70. The summed E-state index contributed by atoms with van der Waals surface area (Å²) in [5.41, 5.74) is 0. The van der Waals surface area contributed by atoms with Gasteiger partial charge in [0.25, 0.3) is 0 Å². The molecule has 2 aliphatic rings. The quantitative estimate of drug-likeness (QED) is 0.686. The van der Waals surface area contributed by atoms with Crippen LogP contribution in [0.5, 0.6) is 0 Å². The first-order valence-corrected chi connectivity index (χ1v) is 5.02. The number of carbonyl (C=O) groups is 1. The van der Waals surface area contributed by atoms with Gasteiger partial charge in [-0.25, -0.2) is 0 Å². The minimum Gasteiger partial charge on any atom is -0.481 e. The number of hydrogen-bond donors (Lipinski definition) is 1. The Bertz CT molecular complexity index is 184. The molecule has 0 radical (unpaired) electrons. The number of hydrogen-bond acceptors (Lipinski definition) is 1. The Hall–Kier alpha value is -0.530. The largest absolute Gasteiger partial charge is 0.481 e. The van der Waals surface area contributed by atoms with E-state index in [-0.39, 0.29) is 5.92 Å². The molecule has 0 aromatic heterocycles. The molecule has 2 rings (SSSR count). The molecule has 68 valence electrons. The van der Waals surface area contributed by atoms with Crippen LogP contribution in [0.1, 0.15) is 38.5 Å². The summed E-state index contributed by atoms with van der Waals surface area (Å²) in [7, 11) is 0. The Kier molecular flexibility index (Phi) is 2.07. The normalized spacial score (nSPS) is 36.3. The average Bonchev–Trinajstić information content (AvgIpc) is 2.87. The molecule has 2 fully saturated rings. The first-order valence-electron chi connectivity index (χ1n) is 5.02. The summed E-state index contributed by atoms with van der Waals surface area (Å²) < 4.78 is 0. The third kappa shape index (κ3) is 1.47. The molecule has 0 amide bonds. The predicted molar refractivity (Wildman–Crippen MR) is 45.8 cm³/mol. The molecule has 2 aliphatic carbocycles. The Morgan fingerprint density at radius 2 is 1.75 bits per heavy atom. The van der Waals surface area contributed by atoms with Crippen LogP contribution in [-0.4, -0.2) is 11.1 Å². The highest BCUT2D eigenvalue weighted by Crippen LogP contribution is 2.46. The van der Waals surface area contributed by atoms with E-state index in [1.54, 1.807) is 0 Å². The molecule has 2 atom stereocenters. The second kappa shape index (κ2) is 3.08. The van der Waals surface area contributed by atoms with Crippen LogP contribution in [0.4, 0.5) is 0 Å². The summed E-state index contributed by atoms with van der Waals surface area (Å²) in [6.07, 6.45) is 7.05. The number of rotatable bonds is 2. The topological polar surface area (TPSA) is 37.3 Å². The van der Waals surface area contributed by atoms with E-state index in [0.29, 0.717) is 5.92 Å². The van der Waals surface area contributed by atoms with Gasteiger partial charge in [0.1, 0.15) is 0 Å². The van der Waals surface area contributed by atoms with Crippen LogP contribution in [0.15, 0.2) is 0 Å². The summed E-state index contributed by atoms with van der Waals surface area (Å²) in [6.45, 7) is 0. The van der Waals surface area contributed by atoms with Crippen molar-refractivity contribution < 1.29 is 9.90 Å². The van der Waals surface area contributed by atoms with Gasteiger partial charge in [0.05, 0.1) is 5.92 Å². The van der Waals surface area contributed by atoms with Gasteiger partial charge in [-0.15, -0.1) is 0 Å². The minimum atomic E-state index is -0.549. The first kappa shape index (κ1) is 8.09. The van der Waals surface area contributed by atoms with E-state index in [9.17, 15) is 4.79 Å². The fourth-order valence-electron chi connectivity index (χ4n) is 2.55. The Morgan fingerprint density at radius 1 is 1.08 bits per heavy atom. The minimum absolute atomic E-state index is 0.00810. The maximum absolute atomic E-state index is 10.9. The number of carboxylic acids is 1. The molecule has 2 nitrogen and oxygen atoms in total. The Morgan fingerprint density at radius 3 is 2.33 bits per heavy atom. The van der Waals surface area contributed by atoms with Gasteiger partial charge >= 0.3 is 5.97 Å². The third-order valence-electron chi connectivity index (χ3n) is 3.36. The molecule has 0 aromatic carbocycles. The van der Waals surface area contributed by atoms with Crippen molar-refractivity contribution in [2.45, 2.75) is 38.5 Å². The van der Waals surface area contributed by atoms with Crippen molar-refractivity contribution in [1.82, 2.24) is 0 Å². The molecule has 0 heterocycles. The molecule has 0 aliphatic heterocycles. The van der Waals surface area contributed by atoms with Crippen molar-refractivity contribution in [1.29, 1.82) is 0 Å². The van der Waals surface area contributed by atoms with Crippen LogP contribution in [0.2, 0.25) is 0 Å². The lowest BCUT2D eigenvalue weighted by Crippen LogP contribution is -2.28. The maximum atomic E-state index is 10.9. The summed E-state index contributed by atoms with van der Waals surface area (Å²) in [6, 6.07) is 0. The van der Waals surface area contributed by atoms with Crippen molar-refractivity contribution in [2.24, 2.45) is 17.8 Å².